The van der Waals surface area contributed by atoms with E-state index < -0.39 is 6.16 Å². The summed E-state index contributed by atoms with van der Waals surface area (Å²) in [4.78, 5) is 10.4. The monoisotopic (exact) mass is 246 g/mol. The van der Waals surface area contributed by atoms with Gasteiger partial charge in [0.05, 0.1) is 6.61 Å². The van der Waals surface area contributed by atoms with E-state index in [1.165, 1.54) is 0 Å². The van der Waals surface area contributed by atoms with Gasteiger partial charge in [0.2, 0.25) is 0 Å². The highest BCUT2D eigenvalue weighted by atomic mass is 16.7. The van der Waals surface area contributed by atoms with Crippen molar-refractivity contribution in [2.75, 3.05) is 6.61 Å². The third-order valence-corrected chi connectivity index (χ3v) is 2.63. The number of carbonyl (C=O) groups is 1. The highest BCUT2D eigenvalue weighted by Gasteiger charge is 2.07. The van der Waals surface area contributed by atoms with Crippen molar-refractivity contribution < 1.29 is 19.4 Å². The Balaban J connectivity index is 2.43. The molecule has 18 heavy (non-hydrogen) atoms. The van der Waals surface area contributed by atoms with Crippen LogP contribution in [0.4, 0.5) is 4.79 Å². The van der Waals surface area contributed by atoms with Crippen LogP contribution in [-0.2, 0) is 11.3 Å². The van der Waals surface area contributed by atoms with Crippen LogP contribution >= 0.6 is 0 Å². The predicted octanol–water partition coefficient (Wildman–Crippen LogP) is 3.43. The number of rotatable bonds is 4. The first-order chi connectivity index (χ1) is 8.72. The molecule has 0 saturated heterocycles. The van der Waals surface area contributed by atoms with E-state index in [0.29, 0.717) is 6.61 Å². The van der Waals surface area contributed by atoms with Gasteiger partial charge in [-0.05, 0) is 23.9 Å². The SMILES string of the molecule is CCOc1ccc(COC(=O)O)c2ccccc12. The van der Waals surface area contributed by atoms with Crippen LogP contribution in [0, 0.1) is 0 Å². The van der Waals surface area contributed by atoms with E-state index >= 15 is 0 Å². The molecule has 0 saturated carbocycles. The topological polar surface area (TPSA) is 55.8 Å². The van der Waals surface area contributed by atoms with Gasteiger partial charge in [-0.15, -0.1) is 0 Å². The lowest BCUT2D eigenvalue weighted by Gasteiger charge is -2.11. The van der Waals surface area contributed by atoms with Gasteiger partial charge in [0.1, 0.15) is 12.4 Å². The van der Waals surface area contributed by atoms with Crippen LogP contribution in [0.2, 0.25) is 0 Å². The first kappa shape index (κ1) is 12.2. The molecule has 2 aromatic carbocycles. The van der Waals surface area contributed by atoms with Crippen LogP contribution in [0.1, 0.15) is 12.5 Å². The molecule has 0 unspecified atom stereocenters. The van der Waals surface area contributed by atoms with Crippen LogP contribution in [-0.4, -0.2) is 17.9 Å². The van der Waals surface area contributed by atoms with E-state index in [0.717, 1.165) is 22.1 Å². The van der Waals surface area contributed by atoms with Crippen molar-refractivity contribution in [2.24, 2.45) is 0 Å². The Labute approximate surface area is 105 Å². The molecule has 4 heteroatoms. The second-order valence-corrected chi connectivity index (χ2v) is 3.76. The van der Waals surface area contributed by atoms with Gasteiger partial charge >= 0.3 is 6.16 Å². The van der Waals surface area contributed by atoms with Crippen molar-refractivity contribution in [1.82, 2.24) is 0 Å². The third kappa shape index (κ3) is 2.53. The fourth-order valence-electron chi connectivity index (χ4n) is 1.88. The van der Waals surface area contributed by atoms with Crippen molar-refractivity contribution >= 4 is 16.9 Å². The summed E-state index contributed by atoms with van der Waals surface area (Å²) < 4.78 is 10.2. The van der Waals surface area contributed by atoms with Crippen molar-refractivity contribution in [1.29, 1.82) is 0 Å². The maximum Gasteiger partial charge on any atom is 0.506 e. The first-order valence-corrected chi connectivity index (χ1v) is 5.71. The Morgan fingerprint density at radius 3 is 2.56 bits per heavy atom. The lowest BCUT2D eigenvalue weighted by molar-refractivity contribution is 0.0857. The van der Waals surface area contributed by atoms with Gasteiger partial charge in [0.15, 0.2) is 0 Å². The van der Waals surface area contributed by atoms with Gasteiger partial charge in [-0.25, -0.2) is 4.79 Å². The highest BCUT2D eigenvalue weighted by Crippen LogP contribution is 2.28. The van der Waals surface area contributed by atoms with Crippen molar-refractivity contribution in [2.45, 2.75) is 13.5 Å². The fraction of sp³-hybridized carbons (Fsp3) is 0.214. The molecule has 2 rings (SSSR count). The Hall–Kier alpha value is -2.23. The summed E-state index contributed by atoms with van der Waals surface area (Å²) in [5, 5.41) is 10.5. The number of carboxylic acid groups (broad SMARTS) is 1. The van der Waals surface area contributed by atoms with E-state index in [1.54, 1.807) is 0 Å². The van der Waals surface area contributed by atoms with E-state index in [2.05, 4.69) is 4.74 Å². The zero-order valence-corrected chi connectivity index (χ0v) is 10.1. The third-order valence-electron chi connectivity index (χ3n) is 2.63. The van der Waals surface area contributed by atoms with Crippen LogP contribution < -0.4 is 4.74 Å². The summed E-state index contributed by atoms with van der Waals surface area (Å²) in [6.07, 6.45) is -1.27. The minimum atomic E-state index is -1.27. The second kappa shape index (κ2) is 5.40. The average molecular weight is 246 g/mol. The molecule has 0 radical (unpaired) electrons. The van der Waals surface area contributed by atoms with Crippen molar-refractivity contribution in [3.63, 3.8) is 0 Å². The minimum Gasteiger partial charge on any atom is -0.493 e. The molecule has 0 aromatic heterocycles. The Morgan fingerprint density at radius 2 is 1.89 bits per heavy atom. The van der Waals surface area contributed by atoms with Crippen LogP contribution in [0.25, 0.3) is 10.8 Å². The fourth-order valence-corrected chi connectivity index (χ4v) is 1.88. The van der Waals surface area contributed by atoms with E-state index in [1.807, 2.05) is 43.3 Å². The molecular formula is C14H14O4. The average Bonchev–Trinajstić information content (AvgIpc) is 2.38. The van der Waals surface area contributed by atoms with Gasteiger partial charge in [-0.1, -0.05) is 30.3 Å². The van der Waals surface area contributed by atoms with Gasteiger partial charge in [0.25, 0.3) is 0 Å². The summed E-state index contributed by atoms with van der Waals surface area (Å²) >= 11 is 0. The number of ether oxygens (including phenoxy) is 2. The summed E-state index contributed by atoms with van der Waals surface area (Å²) in [6, 6.07) is 11.4. The van der Waals surface area contributed by atoms with Gasteiger partial charge < -0.3 is 14.6 Å². The summed E-state index contributed by atoms with van der Waals surface area (Å²) in [5.74, 6) is 0.798. The molecular weight excluding hydrogens is 232 g/mol. The molecule has 0 amide bonds. The molecule has 94 valence electrons. The van der Waals surface area contributed by atoms with Crippen LogP contribution in [0.15, 0.2) is 36.4 Å². The minimum absolute atomic E-state index is 0.0439. The molecule has 0 aliphatic rings. The number of benzene rings is 2. The standard InChI is InChI=1S/C14H14O4/c1-2-17-13-8-7-10(9-18-14(15)16)11-5-3-4-6-12(11)13/h3-8H,2,9H2,1H3,(H,15,16). The maximum absolute atomic E-state index is 10.4. The van der Waals surface area contributed by atoms with Crippen molar-refractivity contribution in [3.8, 4) is 5.75 Å². The smallest absolute Gasteiger partial charge is 0.493 e. The lowest BCUT2D eigenvalue weighted by Crippen LogP contribution is -2.01. The molecule has 0 aliphatic carbocycles. The van der Waals surface area contributed by atoms with Crippen molar-refractivity contribution in [3.05, 3.63) is 42.0 Å². The predicted molar refractivity (Wildman–Crippen MR) is 67.9 cm³/mol. The molecule has 0 heterocycles. The van der Waals surface area contributed by atoms with E-state index in [4.69, 9.17) is 9.84 Å². The molecule has 0 fully saturated rings. The van der Waals surface area contributed by atoms with Gasteiger partial charge in [-0.2, -0.15) is 0 Å². The zero-order valence-electron chi connectivity index (χ0n) is 10.1. The molecule has 4 nitrogen and oxygen atoms in total. The first-order valence-electron chi connectivity index (χ1n) is 5.71. The van der Waals surface area contributed by atoms with E-state index in [-0.39, 0.29) is 6.61 Å². The van der Waals surface area contributed by atoms with Gasteiger partial charge in [-0.3, -0.25) is 0 Å². The zero-order chi connectivity index (χ0) is 13.0. The largest absolute Gasteiger partial charge is 0.506 e. The van der Waals surface area contributed by atoms with Crippen LogP contribution in [0.5, 0.6) is 5.75 Å². The summed E-state index contributed by atoms with van der Waals surface area (Å²) in [6.45, 7) is 2.56. The van der Waals surface area contributed by atoms with Gasteiger partial charge in [0, 0.05) is 5.39 Å². The Kier molecular flexibility index (Phi) is 3.67. The Bertz CT molecular complexity index is 563. The number of hydrogen-bond donors (Lipinski definition) is 1. The van der Waals surface area contributed by atoms with Crippen LogP contribution in [0.3, 0.4) is 0 Å². The summed E-state index contributed by atoms with van der Waals surface area (Å²) in [7, 11) is 0. The Morgan fingerprint density at radius 1 is 1.17 bits per heavy atom. The molecule has 1 N–H and O–H groups in total. The molecule has 0 atom stereocenters. The lowest BCUT2D eigenvalue weighted by atomic mass is 10.0. The summed E-state index contributed by atoms with van der Waals surface area (Å²) in [5.41, 5.74) is 0.830. The maximum atomic E-state index is 10.4. The highest BCUT2D eigenvalue weighted by molar-refractivity contribution is 5.91. The molecule has 2 aromatic rings. The quantitative estimate of drug-likeness (QED) is 0.839. The van der Waals surface area contributed by atoms with E-state index in [9.17, 15) is 4.79 Å². The molecule has 0 spiro atoms. The second-order valence-electron chi connectivity index (χ2n) is 3.76. The number of hydrogen-bond acceptors (Lipinski definition) is 3. The normalized spacial score (nSPS) is 10.3. The number of fused-ring (bicyclic) bond motifs is 1. The molecule has 0 aliphatic heterocycles. The molecule has 0 bridgehead atoms.